The van der Waals surface area contributed by atoms with Crippen LogP contribution in [-0.2, 0) is 4.79 Å². The van der Waals surface area contributed by atoms with Gasteiger partial charge in [-0.2, -0.15) is 0 Å². The molecule has 0 radical (unpaired) electrons. The molecule has 0 unspecified atom stereocenters. The summed E-state index contributed by atoms with van der Waals surface area (Å²) in [4.78, 5) is 26.9. The summed E-state index contributed by atoms with van der Waals surface area (Å²) in [6, 6.07) is 0. The van der Waals surface area contributed by atoms with E-state index in [-0.39, 0.29) is 0 Å². The highest BCUT2D eigenvalue weighted by molar-refractivity contribution is 5.88. The monoisotopic (exact) mass is 275 g/mol. The van der Waals surface area contributed by atoms with E-state index in [0.717, 1.165) is 12.8 Å². The summed E-state index contributed by atoms with van der Waals surface area (Å²) >= 11 is 0. The largest absolute Gasteiger partial charge is 0.480 e. The predicted molar refractivity (Wildman–Crippen MR) is 73.3 cm³/mol. The molecule has 0 aromatic carbocycles. The molecule has 2 heterocycles. The molecule has 2 aromatic rings. The average Bonchev–Trinajstić information content (AvgIpc) is 2.91. The highest BCUT2D eigenvalue weighted by Gasteiger charge is 2.41. The van der Waals surface area contributed by atoms with Crippen molar-refractivity contribution >= 4 is 23.0 Å². The van der Waals surface area contributed by atoms with Crippen LogP contribution in [0.5, 0.6) is 0 Å². The summed E-state index contributed by atoms with van der Waals surface area (Å²) in [7, 11) is 0. The van der Waals surface area contributed by atoms with E-state index < -0.39 is 11.5 Å². The number of carbonyl (C=O) groups is 1. The number of hydrogen-bond acceptors (Lipinski definition) is 5. The third kappa shape index (κ3) is 2.09. The fourth-order valence-corrected chi connectivity index (χ4v) is 2.73. The van der Waals surface area contributed by atoms with E-state index in [4.69, 9.17) is 0 Å². The molecular formula is C13H17N5O2. The van der Waals surface area contributed by atoms with Gasteiger partial charge in [0.15, 0.2) is 11.5 Å². The lowest BCUT2D eigenvalue weighted by atomic mass is 9.77. The molecule has 0 saturated heterocycles. The number of carboxylic acids is 1. The van der Waals surface area contributed by atoms with Gasteiger partial charge in [0.1, 0.15) is 17.4 Å². The number of anilines is 1. The second-order valence-electron chi connectivity index (χ2n) is 5.52. The second-order valence-corrected chi connectivity index (χ2v) is 5.52. The van der Waals surface area contributed by atoms with Crippen molar-refractivity contribution in [1.82, 2.24) is 19.9 Å². The van der Waals surface area contributed by atoms with Crippen molar-refractivity contribution in [1.29, 1.82) is 0 Å². The molecule has 0 bridgehead atoms. The molecule has 20 heavy (non-hydrogen) atoms. The van der Waals surface area contributed by atoms with Crippen LogP contribution in [-0.4, -0.2) is 36.6 Å². The first-order valence-electron chi connectivity index (χ1n) is 6.76. The molecule has 0 atom stereocenters. The maximum Gasteiger partial charge on any atom is 0.329 e. The van der Waals surface area contributed by atoms with Gasteiger partial charge >= 0.3 is 5.97 Å². The molecule has 1 fully saturated rings. The number of nitrogens with zero attached hydrogens (tertiary/aromatic N) is 3. The van der Waals surface area contributed by atoms with Crippen molar-refractivity contribution in [2.24, 2.45) is 5.92 Å². The number of H-pyrrole nitrogens is 1. The molecule has 7 heteroatoms. The van der Waals surface area contributed by atoms with Crippen molar-refractivity contribution in [2.75, 3.05) is 5.32 Å². The standard InChI is InChI=1S/C13H17N5O2/c1-8-2-4-13(5-3-8,12(19)20)18-11-9-10(15-6-14-9)16-7-17-11/h6-8H,2-5H2,1H3,(H,19,20)(H2,14,15,16,17,18). The zero-order valence-corrected chi connectivity index (χ0v) is 11.3. The lowest BCUT2D eigenvalue weighted by Crippen LogP contribution is -2.49. The van der Waals surface area contributed by atoms with Crippen LogP contribution in [0.3, 0.4) is 0 Å². The first kappa shape index (κ1) is 12.8. The third-order valence-corrected chi connectivity index (χ3v) is 4.12. The Balaban J connectivity index is 1.94. The van der Waals surface area contributed by atoms with Gasteiger partial charge in [-0.15, -0.1) is 0 Å². The topological polar surface area (TPSA) is 104 Å². The Bertz CT molecular complexity index is 630. The van der Waals surface area contributed by atoms with E-state index in [1.165, 1.54) is 12.7 Å². The molecule has 0 aliphatic heterocycles. The number of imidazole rings is 1. The van der Waals surface area contributed by atoms with Crippen molar-refractivity contribution < 1.29 is 9.90 Å². The van der Waals surface area contributed by atoms with Crippen molar-refractivity contribution in [3.63, 3.8) is 0 Å². The average molecular weight is 275 g/mol. The molecule has 106 valence electrons. The number of carboxylic acid groups (broad SMARTS) is 1. The fraction of sp³-hybridized carbons (Fsp3) is 0.538. The van der Waals surface area contributed by atoms with Crippen molar-refractivity contribution in [2.45, 2.75) is 38.1 Å². The lowest BCUT2D eigenvalue weighted by Gasteiger charge is -2.36. The third-order valence-electron chi connectivity index (χ3n) is 4.12. The Morgan fingerprint density at radius 1 is 1.40 bits per heavy atom. The van der Waals surface area contributed by atoms with Gasteiger partial charge in [0.25, 0.3) is 0 Å². The lowest BCUT2D eigenvalue weighted by molar-refractivity contribution is -0.143. The number of aliphatic carboxylic acids is 1. The molecule has 1 aliphatic rings. The number of aromatic nitrogens is 4. The normalized spacial score (nSPS) is 26.6. The SMILES string of the molecule is CC1CCC(Nc2ncnc3nc[nH]c23)(C(=O)O)CC1. The Morgan fingerprint density at radius 2 is 2.15 bits per heavy atom. The highest BCUT2D eigenvalue weighted by Crippen LogP contribution is 2.35. The predicted octanol–water partition coefficient (Wildman–Crippen LogP) is 1.80. The highest BCUT2D eigenvalue weighted by atomic mass is 16.4. The Kier molecular flexibility index (Phi) is 3.04. The van der Waals surface area contributed by atoms with E-state index in [1.807, 2.05) is 0 Å². The molecule has 0 amide bonds. The van der Waals surface area contributed by atoms with Crippen LogP contribution in [0.2, 0.25) is 0 Å². The smallest absolute Gasteiger partial charge is 0.329 e. The molecule has 1 aliphatic carbocycles. The second kappa shape index (κ2) is 4.73. The number of fused-ring (bicyclic) bond motifs is 1. The minimum Gasteiger partial charge on any atom is -0.480 e. The summed E-state index contributed by atoms with van der Waals surface area (Å²) in [5.74, 6) is 0.252. The number of hydrogen-bond donors (Lipinski definition) is 3. The fourth-order valence-electron chi connectivity index (χ4n) is 2.73. The molecule has 3 N–H and O–H groups in total. The zero-order chi connectivity index (χ0) is 14.2. The van der Waals surface area contributed by atoms with Crippen LogP contribution in [0.4, 0.5) is 5.82 Å². The van der Waals surface area contributed by atoms with Gasteiger partial charge in [0, 0.05) is 0 Å². The molecule has 7 nitrogen and oxygen atoms in total. The molecular weight excluding hydrogens is 258 g/mol. The van der Waals surface area contributed by atoms with E-state index in [2.05, 4.69) is 32.2 Å². The summed E-state index contributed by atoms with van der Waals surface area (Å²) in [5, 5.41) is 12.7. The maximum absolute atomic E-state index is 11.7. The van der Waals surface area contributed by atoms with Crippen LogP contribution in [0.15, 0.2) is 12.7 Å². The minimum atomic E-state index is -0.946. The summed E-state index contributed by atoms with van der Waals surface area (Å²) in [5.41, 5.74) is 0.234. The maximum atomic E-state index is 11.7. The van der Waals surface area contributed by atoms with Gasteiger partial charge < -0.3 is 15.4 Å². The first-order chi connectivity index (χ1) is 9.61. The summed E-state index contributed by atoms with van der Waals surface area (Å²) in [6.45, 7) is 2.16. The molecule has 0 spiro atoms. The summed E-state index contributed by atoms with van der Waals surface area (Å²) < 4.78 is 0. The Hall–Kier alpha value is -2.18. The zero-order valence-electron chi connectivity index (χ0n) is 11.3. The van der Waals surface area contributed by atoms with Crippen molar-refractivity contribution in [3.05, 3.63) is 12.7 Å². The van der Waals surface area contributed by atoms with Crippen LogP contribution in [0.1, 0.15) is 32.6 Å². The van der Waals surface area contributed by atoms with E-state index >= 15 is 0 Å². The Morgan fingerprint density at radius 3 is 2.85 bits per heavy atom. The van der Waals surface area contributed by atoms with Crippen LogP contribution >= 0.6 is 0 Å². The van der Waals surface area contributed by atoms with Crippen LogP contribution in [0.25, 0.3) is 11.2 Å². The quantitative estimate of drug-likeness (QED) is 0.789. The van der Waals surface area contributed by atoms with E-state index in [9.17, 15) is 9.90 Å². The van der Waals surface area contributed by atoms with Gasteiger partial charge in [-0.1, -0.05) is 6.92 Å². The van der Waals surface area contributed by atoms with Gasteiger partial charge in [-0.05, 0) is 31.6 Å². The van der Waals surface area contributed by atoms with Crippen LogP contribution in [0, 0.1) is 5.92 Å². The van der Waals surface area contributed by atoms with Gasteiger partial charge in [0.2, 0.25) is 0 Å². The molecule has 1 saturated carbocycles. The van der Waals surface area contributed by atoms with Crippen molar-refractivity contribution in [3.8, 4) is 0 Å². The van der Waals surface area contributed by atoms with E-state index in [1.54, 1.807) is 0 Å². The Labute approximate surface area is 115 Å². The molecule has 3 rings (SSSR count). The molecule has 2 aromatic heterocycles. The first-order valence-corrected chi connectivity index (χ1v) is 6.76. The minimum absolute atomic E-state index is 0.504. The van der Waals surface area contributed by atoms with Gasteiger partial charge in [-0.3, -0.25) is 0 Å². The van der Waals surface area contributed by atoms with Gasteiger partial charge in [-0.25, -0.2) is 19.7 Å². The van der Waals surface area contributed by atoms with E-state index in [0.29, 0.717) is 35.7 Å². The summed E-state index contributed by atoms with van der Waals surface area (Å²) in [6.07, 6.45) is 5.92. The van der Waals surface area contributed by atoms with Gasteiger partial charge in [0.05, 0.1) is 6.33 Å². The number of aromatic amines is 1. The number of nitrogens with one attached hydrogen (secondary N) is 2. The number of rotatable bonds is 3. The van der Waals surface area contributed by atoms with Crippen LogP contribution < -0.4 is 5.32 Å².